The van der Waals surface area contributed by atoms with Gasteiger partial charge in [-0.05, 0) is 31.5 Å². The Labute approximate surface area is 142 Å². The van der Waals surface area contributed by atoms with Gasteiger partial charge in [-0.2, -0.15) is 0 Å². The van der Waals surface area contributed by atoms with E-state index in [2.05, 4.69) is 0 Å². The van der Waals surface area contributed by atoms with Crippen molar-refractivity contribution in [1.82, 2.24) is 4.90 Å². The molecule has 0 spiro atoms. The number of aliphatic carboxylic acids is 1. The Morgan fingerprint density at radius 3 is 2.29 bits per heavy atom. The lowest BCUT2D eigenvalue weighted by Crippen LogP contribution is -2.48. The van der Waals surface area contributed by atoms with Crippen LogP contribution in [0.2, 0.25) is 0 Å². The fraction of sp³-hybridized carbons (Fsp3) is 0.556. The highest BCUT2D eigenvalue weighted by Crippen LogP contribution is 2.27. The maximum Gasteiger partial charge on any atom is 0.303 e. The molecule has 1 aliphatic heterocycles. The molecule has 3 atom stereocenters. The maximum absolute atomic E-state index is 12.6. The molecule has 1 heterocycles. The lowest BCUT2D eigenvalue weighted by molar-refractivity contribution is -0.144. The number of ether oxygens (including phenoxy) is 2. The number of methoxy groups -OCH3 is 1. The van der Waals surface area contributed by atoms with Crippen molar-refractivity contribution >= 4 is 11.9 Å². The molecule has 0 bridgehead atoms. The van der Waals surface area contributed by atoms with Gasteiger partial charge in [0.1, 0.15) is 5.75 Å². The zero-order valence-electron chi connectivity index (χ0n) is 14.4. The summed E-state index contributed by atoms with van der Waals surface area (Å²) in [5.41, 5.74) is 0.834. The van der Waals surface area contributed by atoms with E-state index < -0.39 is 5.97 Å². The molecule has 0 radical (unpaired) electrons. The molecule has 6 nitrogen and oxygen atoms in total. The lowest BCUT2D eigenvalue weighted by Gasteiger charge is -2.36. The van der Waals surface area contributed by atoms with Crippen LogP contribution in [-0.2, 0) is 14.3 Å². The zero-order valence-corrected chi connectivity index (χ0v) is 14.4. The van der Waals surface area contributed by atoms with Crippen LogP contribution in [0, 0.1) is 0 Å². The number of amides is 1. The fourth-order valence-corrected chi connectivity index (χ4v) is 3.12. The Balaban J connectivity index is 2.09. The van der Waals surface area contributed by atoms with Gasteiger partial charge in [-0.15, -0.1) is 0 Å². The maximum atomic E-state index is 12.6. The number of morpholine rings is 1. The summed E-state index contributed by atoms with van der Waals surface area (Å²) in [4.78, 5) is 25.6. The van der Waals surface area contributed by atoms with Crippen molar-refractivity contribution in [3.05, 3.63) is 29.8 Å². The van der Waals surface area contributed by atoms with Gasteiger partial charge in [-0.1, -0.05) is 12.1 Å². The van der Waals surface area contributed by atoms with Crippen LogP contribution < -0.4 is 4.74 Å². The number of carboxylic acids is 1. The third-order valence-electron chi connectivity index (χ3n) is 4.20. The largest absolute Gasteiger partial charge is 0.497 e. The normalized spacial score (nSPS) is 22.0. The molecule has 0 saturated carbocycles. The second-order valence-electron chi connectivity index (χ2n) is 6.33. The van der Waals surface area contributed by atoms with E-state index in [0.717, 1.165) is 5.56 Å². The van der Waals surface area contributed by atoms with Crippen LogP contribution in [0.4, 0.5) is 0 Å². The highest BCUT2D eigenvalue weighted by Gasteiger charge is 2.28. The molecule has 2 rings (SSSR count). The van der Waals surface area contributed by atoms with Crippen molar-refractivity contribution < 1.29 is 24.2 Å². The molecule has 1 fully saturated rings. The SMILES string of the molecule is COc1ccc([C@H](CC(=O)O)CC(=O)N2C[C@H](C)O[C@@H](C)C2)cc1. The van der Waals surface area contributed by atoms with Crippen molar-refractivity contribution in [2.75, 3.05) is 20.2 Å². The summed E-state index contributed by atoms with van der Waals surface area (Å²) in [7, 11) is 1.58. The van der Waals surface area contributed by atoms with Crippen molar-refractivity contribution in [3.8, 4) is 5.75 Å². The van der Waals surface area contributed by atoms with E-state index in [9.17, 15) is 14.7 Å². The lowest BCUT2D eigenvalue weighted by atomic mass is 9.91. The second kappa shape index (κ2) is 8.15. The molecule has 1 amide bonds. The van der Waals surface area contributed by atoms with Crippen LogP contribution in [0.15, 0.2) is 24.3 Å². The molecule has 1 aromatic rings. The zero-order chi connectivity index (χ0) is 17.7. The Morgan fingerprint density at radius 1 is 1.21 bits per heavy atom. The predicted molar refractivity (Wildman–Crippen MR) is 89.2 cm³/mol. The van der Waals surface area contributed by atoms with Gasteiger partial charge in [-0.3, -0.25) is 9.59 Å². The van der Waals surface area contributed by atoms with Crippen LogP contribution in [0.25, 0.3) is 0 Å². The molecule has 132 valence electrons. The van der Waals surface area contributed by atoms with Crippen molar-refractivity contribution in [2.45, 2.75) is 44.8 Å². The number of carbonyl (C=O) groups is 2. The molecule has 1 aliphatic rings. The van der Waals surface area contributed by atoms with E-state index >= 15 is 0 Å². The first-order chi connectivity index (χ1) is 11.4. The van der Waals surface area contributed by atoms with Crippen LogP contribution in [0.5, 0.6) is 5.75 Å². The minimum absolute atomic E-state index is 0.00314. The van der Waals surface area contributed by atoms with Crippen molar-refractivity contribution in [3.63, 3.8) is 0 Å². The molecule has 0 unspecified atom stereocenters. The molecule has 0 aliphatic carbocycles. The Kier molecular flexibility index (Phi) is 6.20. The van der Waals surface area contributed by atoms with Gasteiger partial charge in [0.2, 0.25) is 5.91 Å². The van der Waals surface area contributed by atoms with Crippen molar-refractivity contribution in [1.29, 1.82) is 0 Å². The molecule has 1 aromatic carbocycles. The van der Waals surface area contributed by atoms with E-state index in [-0.39, 0.29) is 36.9 Å². The van der Waals surface area contributed by atoms with E-state index in [1.165, 1.54) is 0 Å². The van der Waals surface area contributed by atoms with Crippen LogP contribution >= 0.6 is 0 Å². The third kappa shape index (κ3) is 4.96. The average Bonchev–Trinajstić information content (AvgIpc) is 2.53. The van der Waals surface area contributed by atoms with E-state index in [1.807, 2.05) is 26.0 Å². The smallest absolute Gasteiger partial charge is 0.303 e. The number of nitrogens with zero attached hydrogens (tertiary/aromatic N) is 1. The number of hydrogen-bond donors (Lipinski definition) is 1. The van der Waals surface area contributed by atoms with Gasteiger partial charge in [0.25, 0.3) is 0 Å². The Bertz CT molecular complexity index is 561. The first-order valence-corrected chi connectivity index (χ1v) is 8.18. The van der Waals surface area contributed by atoms with Crippen molar-refractivity contribution in [2.24, 2.45) is 0 Å². The molecular weight excluding hydrogens is 310 g/mol. The first kappa shape index (κ1) is 18.3. The van der Waals surface area contributed by atoms with Gasteiger partial charge < -0.3 is 19.5 Å². The van der Waals surface area contributed by atoms with Crippen LogP contribution in [0.1, 0.15) is 38.2 Å². The fourth-order valence-electron chi connectivity index (χ4n) is 3.12. The number of benzene rings is 1. The summed E-state index contributed by atoms with van der Waals surface area (Å²) in [5, 5.41) is 9.18. The van der Waals surface area contributed by atoms with Gasteiger partial charge in [-0.25, -0.2) is 0 Å². The van der Waals surface area contributed by atoms with Crippen LogP contribution in [-0.4, -0.2) is 54.3 Å². The molecule has 1 saturated heterocycles. The number of hydrogen-bond acceptors (Lipinski definition) is 4. The number of rotatable bonds is 6. The van der Waals surface area contributed by atoms with Crippen LogP contribution in [0.3, 0.4) is 0 Å². The number of carboxylic acid groups (broad SMARTS) is 1. The summed E-state index contributed by atoms with van der Waals surface area (Å²) in [5.74, 6) is -0.587. The van der Waals surface area contributed by atoms with E-state index in [1.54, 1.807) is 24.1 Å². The first-order valence-electron chi connectivity index (χ1n) is 8.18. The summed E-state index contributed by atoms with van der Waals surface area (Å²) in [6.07, 6.45) is 0.0965. The summed E-state index contributed by atoms with van der Waals surface area (Å²) in [6, 6.07) is 7.22. The minimum atomic E-state index is -0.910. The van der Waals surface area contributed by atoms with Gasteiger partial charge in [0.05, 0.1) is 25.7 Å². The molecule has 6 heteroatoms. The second-order valence-corrected chi connectivity index (χ2v) is 6.33. The average molecular weight is 335 g/mol. The topological polar surface area (TPSA) is 76.1 Å². The summed E-state index contributed by atoms with van der Waals surface area (Å²) >= 11 is 0. The molecule has 0 aromatic heterocycles. The molecular formula is C18H25NO5. The third-order valence-corrected chi connectivity index (χ3v) is 4.20. The highest BCUT2D eigenvalue weighted by molar-refractivity contribution is 5.78. The van der Waals surface area contributed by atoms with Gasteiger partial charge >= 0.3 is 5.97 Å². The Morgan fingerprint density at radius 2 is 1.79 bits per heavy atom. The standard InChI is InChI=1S/C18H25NO5/c1-12-10-19(11-13(2)24-12)17(20)8-15(9-18(21)22)14-4-6-16(23-3)7-5-14/h4-7,12-13,15H,8-11H2,1-3H3,(H,21,22)/t12-,13-,15-/m0/s1. The van der Waals surface area contributed by atoms with E-state index in [4.69, 9.17) is 9.47 Å². The number of carbonyl (C=O) groups excluding carboxylic acids is 1. The molecule has 1 N–H and O–H groups in total. The highest BCUT2D eigenvalue weighted by atomic mass is 16.5. The molecule has 24 heavy (non-hydrogen) atoms. The Hall–Kier alpha value is -2.08. The quantitative estimate of drug-likeness (QED) is 0.863. The van der Waals surface area contributed by atoms with E-state index in [0.29, 0.717) is 18.8 Å². The van der Waals surface area contributed by atoms with Gasteiger partial charge in [0.15, 0.2) is 0 Å². The summed E-state index contributed by atoms with van der Waals surface area (Å²) < 4.78 is 10.8. The summed E-state index contributed by atoms with van der Waals surface area (Å²) in [6.45, 7) is 4.97. The van der Waals surface area contributed by atoms with Gasteiger partial charge in [0, 0.05) is 25.4 Å². The monoisotopic (exact) mass is 335 g/mol. The predicted octanol–water partition coefficient (Wildman–Crippen LogP) is 2.28. The minimum Gasteiger partial charge on any atom is -0.497 e.